The molecule has 24 heavy (non-hydrogen) atoms. The van der Waals surface area contributed by atoms with E-state index in [4.69, 9.17) is 4.74 Å². The molecule has 2 rings (SSSR count). The first kappa shape index (κ1) is 19.1. The van der Waals surface area contributed by atoms with Gasteiger partial charge in [-0.3, -0.25) is 4.79 Å². The van der Waals surface area contributed by atoms with Gasteiger partial charge >= 0.3 is 6.09 Å². The van der Waals surface area contributed by atoms with Crippen molar-refractivity contribution in [2.75, 3.05) is 20.1 Å². The van der Waals surface area contributed by atoms with E-state index in [-0.39, 0.29) is 17.9 Å². The summed E-state index contributed by atoms with van der Waals surface area (Å²) in [7, 11) is 1.96. The van der Waals surface area contributed by atoms with E-state index in [1.165, 1.54) is 12.8 Å². The third-order valence-electron chi connectivity index (χ3n) is 5.38. The first-order valence-corrected chi connectivity index (χ1v) is 9.42. The molecule has 0 spiro atoms. The van der Waals surface area contributed by atoms with Crippen LogP contribution >= 0.6 is 0 Å². The minimum atomic E-state index is -0.470. The molecule has 0 bridgehead atoms. The Morgan fingerprint density at radius 2 is 1.54 bits per heavy atom. The maximum atomic E-state index is 12.8. The monoisotopic (exact) mass is 338 g/mol. The second-order valence-electron chi connectivity index (χ2n) is 8.60. The van der Waals surface area contributed by atoms with E-state index in [1.807, 2.05) is 32.7 Å². The van der Waals surface area contributed by atoms with Crippen molar-refractivity contribution in [2.24, 2.45) is 11.8 Å². The van der Waals surface area contributed by atoms with Gasteiger partial charge in [0.05, 0.1) is 0 Å². The number of ether oxygens (including phenoxy) is 1. The summed E-state index contributed by atoms with van der Waals surface area (Å²) in [4.78, 5) is 28.6. The molecular formula is C19H34N2O3. The molecular weight excluding hydrogens is 304 g/mol. The van der Waals surface area contributed by atoms with Gasteiger partial charge in [-0.2, -0.15) is 0 Å². The van der Waals surface area contributed by atoms with Crippen LogP contribution in [0, 0.1) is 11.8 Å². The van der Waals surface area contributed by atoms with Gasteiger partial charge in [-0.1, -0.05) is 6.92 Å². The molecule has 1 saturated heterocycles. The van der Waals surface area contributed by atoms with Crippen molar-refractivity contribution >= 4 is 12.0 Å². The van der Waals surface area contributed by atoms with Gasteiger partial charge in [-0.05, 0) is 65.2 Å². The molecule has 5 heteroatoms. The number of hydrogen-bond donors (Lipinski definition) is 0. The number of rotatable bonds is 2. The summed E-state index contributed by atoms with van der Waals surface area (Å²) < 4.78 is 5.42. The molecule has 138 valence electrons. The molecule has 2 fully saturated rings. The Morgan fingerprint density at radius 1 is 1.00 bits per heavy atom. The molecule has 0 aromatic heterocycles. The zero-order valence-electron chi connectivity index (χ0n) is 16.0. The van der Waals surface area contributed by atoms with E-state index >= 15 is 0 Å². The predicted molar refractivity (Wildman–Crippen MR) is 94.7 cm³/mol. The standard InChI is InChI=1S/C19H34N2O3/c1-14-6-8-16(9-7-14)20(5)17(22)15-10-12-21(13-11-15)18(23)24-19(2,3)4/h14-16H,6-13H2,1-5H3. The van der Waals surface area contributed by atoms with Crippen LogP contribution in [0.3, 0.4) is 0 Å². The summed E-state index contributed by atoms with van der Waals surface area (Å²) in [5.74, 6) is 1.10. The molecule has 1 aliphatic heterocycles. The Hall–Kier alpha value is -1.26. The summed E-state index contributed by atoms with van der Waals surface area (Å²) in [6.07, 6.45) is 5.92. The first-order chi connectivity index (χ1) is 11.2. The number of carbonyl (C=O) groups excluding carboxylic acids is 2. The zero-order chi connectivity index (χ0) is 17.9. The number of carbonyl (C=O) groups is 2. The summed E-state index contributed by atoms with van der Waals surface area (Å²) in [6, 6.07) is 0.401. The molecule has 1 saturated carbocycles. The molecule has 2 aliphatic rings. The van der Waals surface area contributed by atoms with Gasteiger partial charge < -0.3 is 14.5 Å². The quantitative estimate of drug-likeness (QED) is 0.772. The maximum Gasteiger partial charge on any atom is 0.410 e. The van der Waals surface area contributed by atoms with Gasteiger partial charge in [-0.15, -0.1) is 0 Å². The number of piperidine rings is 1. The third kappa shape index (κ3) is 5.12. The Kier molecular flexibility index (Phi) is 6.16. The lowest BCUT2D eigenvalue weighted by Crippen LogP contribution is -2.47. The number of hydrogen-bond acceptors (Lipinski definition) is 3. The van der Waals surface area contributed by atoms with Crippen molar-refractivity contribution in [1.29, 1.82) is 0 Å². The molecule has 0 aromatic carbocycles. The average Bonchev–Trinajstić information content (AvgIpc) is 2.53. The summed E-state index contributed by atoms with van der Waals surface area (Å²) in [5, 5.41) is 0. The Morgan fingerprint density at radius 3 is 2.04 bits per heavy atom. The zero-order valence-corrected chi connectivity index (χ0v) is 16.0. The van der Waals surface area contributed by atoms with Crippen LogP contribution in [0.15, 0.2) is 0 Å². The fraction of sp³-hybridized carbons (Fsp3) is 0.895. The topological polar surface area (TPSA) is 49.9 Å². The van der Waals surface area contributed by atoms with E-state index in [9.17, 15) is 9.59 Å². The van der Waals surface area contributed by atoms with Crippen LogP contribution in [-0.2, 0) is 9.53 Å². The lowest BCUT2D eigenvalue weighted by Gasteiger charge is -2.38. The Bertz CT molecular complexity index is 442. The van der Waals surface area contributed by atoms with E-state index < -0.39 is 5.60 Å². The average molecular weight is 338 g/mol. The van der Waals surface area contributed by atoms with E-state index in [0.717, 1.165) is 31.6 Å². The van der Waals surface area contributed by atoms with Crippen molar-refractivity contribution in [3.05, 3.63) is 0 Å². The molecule has 0 unspecified atom stereocenters. The summed E-state index contributed by atoms with van der Waals surface area (Å²) in [5.41, 5.74) is -0.470. The largest absolute Gasteiger partial charge is 0.444 e. The van der Waals surface area contributed by atoms with Crippen LogP contribution in [0.1, 0.15) is 66.2 Å². The van der Waals surface area contributed by atoms with Crippen molar-refractivity contribution < 1.29 is 14.3 Å². The van der Waals surface area contributed by atoms with Gasteiger partial charge in [0.15, 0.2) is 0 Å². The van der Waals surface area contributed by atoms with Crippen LogP contribution in [-0.4, -0.2) is 53.6 Å². The number of likely N-dealkylation sites (tertiary alicyclic amines) is 1. The second-order valence-corrected chi connectivity index (χ2v) is 8.60. The Labute approximate surface area is 146 Å². The van der Waals surface area contributed by atoms with Crippen molar-refractivity contribution in [2.45, 2.75) is 77.9 Å². The van der Waals surface area contributed by atoms with Crippen LogP contribution in [0.5, 0.6) is 0 Å². The molecule has 2 amide bonds. The second kappa shape index (κ2) is 7.75. The summed E-state index contributed by atoms with van der Waals surface area (Å²) in [6.45, 7) is 9.15. The first-order valence-electron chi connectivity index (χ1n) is 9.42. The Balaban J connectivity index is 1.81. The molecule has 1 aliphatic carbocycles. The highest BCUT2D eigenvalue weighted by atomic mass is 16.6. The minimum Gasteiger partial charge on any atom is -0.444 e. The molecule has 1 heterocycles. The molecule has 0 N–H and O–H groups in total. The highest BCUT2D eigenvalue weighted by Crippen LogP contribution is 2.29. The third-order valence-corrected chi connectivity index (χ3v) is 5.38. The minimum absolute atomic E-state index is 0.0491. The molecule has 0 aromatic rings. The van der Waals surface area contributed by atoms with Crippen molar-refractivity contribution in [3.63, 3.8) is 0 Å². The lowest BCUT2D eigenvalue weighted by molar-refractivity contribution is -0.138. The van der Waals surface area contributed by atoms with Crippen LogP contribution < -0.4 is 0 Å². The van der Waals surface area contributed by atoms with Crippen LogP contribution in [0.4, 0.5) is 4.79 Å². The number of nitrogens with zero attached hydrogens (tertiary/aromatic N) is 2. The smallest absolute Gasteiger partial charge is 0.410 e. The highest BCUT2D eigenvalue weighted by molar-refractivity contribution is 5.79. The SMILES string of the molecule is CC1CCC(N(C)C(=O)C2CCN(C(=O)OC(C)(C)C)CC2)CC1. The van der Waals surface area contributed by atoms with Crippen molar-refractivity contribution in [3.8, 4) is 0 Å². The fourth-order valence-electron chi connectivity index (χ4n) is 3.73. The van der Waals surface area contributed by atoms with Crippen molar-refractivity contribution in [1.82, 2.24) is 9.80 Å². The highest BCUT2D eigenvalue weighted by Gasteiger charge is 2.33. The van der Waals surface area contributed by atoms with Gasteiger partial charge in [0.1, 0.15) is 5.60 Å². The predicted octanol–water partition coefficient (Wildman–Crippen LogP) is 3.67. The van der Waals surface area contributed by atoms with E-state index in [0.29, 0.717) is 19.1 Å². The van der Waals surface area contributed by atoms with E-state index in [1.54, 1.807) is 4.90 Å². The van der Waals surface area contributed by atoms with Gasteiger partial charge in [-0.25, -0.2) is 4.79 Å². The summed E-state index contributed by atoms with van der Waals surface area (Å²) >= 11 is 0. The molecule has 0 atom stereocenters. The normalized spacial score (nSPS) is 26.1. The van der Waals surface area contributed by atoms with Crippen LogP contribution in [0.2, 0.25) is 0 Å². The van der Waals surface area contributed by atoms with Gasteiger partial charge in [0, 0.05) is 32.1 Å². The molecule has 5 nitrogen and oxygen atoms in total. The van der Waals surface area contributed by atoms with E-state index in [2.05, 4.69) is 6.92 Å². The van der Waals surface area contributed by atoms with Gasteiger partial charge in [0.2, 0.25) is 5.91 Å². The fourth-order valence-corrected chi connectivity index (χ4v) is 3.73. The van der Waals surface area contributed by atoms with Crippen LogP contribution in [0.25, 0.3) is 0 Å². The molecule has 0 radical (unpaired) electrons. The van der Waals surface area contributed by atoms with Gasteiger partial charge in [0.25, 0.3) is 0 Å². The maximum absolute atomic E-state index is 12.8. The lowest BCUT2D eigenvalue weighted by atomic mass is 9.86. The number of amides is 2.